The van der Waals surface area contributed by atoms with Crippen LogP contribution in [0.3, 0.4) is 0 Å². The molecule has 1 aliphatic heterocycles. The normalized spacial score (nSPS) is 31.0. The summed E-state index contributed by atoms with van der Waals surface area (Å²) < 4.78 is 25.9. The van der Waals surface area contributed by atoms with Gasteiger partial charge in [-0.2, -0.15) is 0 Å². The number of ether oxygens (including phenoxy) is 2. The molecule has 24 heavy (non-hydrogen) atoms. The molecular formula is C20H28ClFO2. The molecule has 1 unspecified atom stereocenters. The highest BCUT2D eigenvalue weighted by Crippen LogP contribution is 2.36. The first-order valence-electron chi connectivity index (χ1n) is 9.23. The molecule has 4 heteroatoms. The average molecular weight is 355 g/mol. The molecule has 134 valence electrons. The van der Waals surface area contributed by atoms with Crippen molar-refractivity contribution in [3.63, 3.8) is 0 Å². The molecule has 1 saturated heterocycles. The number of rotatable bonds is 4. The quantitative estimate of drug-likeness (QED) is 0.681. The number of benzene rings is 1. The summed E-state index contributed by atoms with van der Waals surface area (Å²) in [5, 5.41) is 0.152. The molecule has 1 aromatic carbocycles. The average Bonchev–Trinajstić information content (AvgIpc) is 2.60. The van der Waals surface area contributed by atoms with E-state index in [0.29, 0.717) is 18.6 Å². The summed E-state index contributed by atoms with van der Waals surface area (Å²) in [6.45, 7) is 5.35. The number of halogens is 2. The van der Waals surface area contributed by atoms with Gasteiger partial charge in [0.15, 0.2) is 11.6 Å². The topological polar surface area (TPSA) is 18.5 Å². The summed E-state index contributed by atoms with van der Waals surface area (Å²) in [5.41, 5.74) is 0.729. The molecule has 1 heterocycles. The highest BCUT2D eigenvalue weighted by atomic mass is 35.5. The standard InChI is InChI=1S/C20H28ClFO2/c1-13-3-7-16(8-4-13)17-10-6-15(11-23-17)12-24-18-9-5-14(2)19(21)20(18)22/h5,9,13,15-17H,3-4,6-8,10-12H2,1-2H3/t13?,15-,16?,17?/m1/s1. The minimum absolute atomic E-state index is 0.152. The lowest BCUT2D eigenvalue weighted by Crippen LogP contribution is -2.35. The smallest absolute Gasteiger partial charge is 0.183 e. The van der Waals surface area contributed by atoms with E-state index in [4.69, 9.17) is 21.1 Å². The second-order valence-corrected chi connectivity index (χ2v) is 8.03. The molecule has 3 rings (SSSR count). The number of hydrogen-bond donors (Lipinski definition) is 0. The molecule has 0 radical (unpaired) electrons. The minimum Gasteiger partial charge on any atom is -0.490 e. The van der Waals surface area contributed by atoms with Crippen LogP contribution in [0.15, 0.2) is 12.1 Å². The molecule has 0 bridgehead atoms. The Kier molecular flexibility index (Phi) is 6.04. The molecule has 2 aliphatic rings. The van der Waals surface area contributed by atoms with Crippen LogP contribution in [0.2, 0.25) is 5.02 Å². The van der Waals surface area contributed by atoms with Gasteiger partial charge in [0.25, 0.3) is 0 Å². The SMILES string of the molecule is Cc1ccc(OC[C@@H]2CCC(C3CCC(C)CC3)OC2)c(F)c1Cl. The molecule has 1 saturated carbocycles. The maximum Gasteiger partial charge on any atom is 0.183 e. The Balaban J connectivity index is 1.45. The maximum absolute atomic E-state index is 14.1. The van der Waals surface area contributed by atoms with Gasteiger partial charge < -0.3 is 9.47 Å². The lowest BCUT2D eigenvalue weighted by atomic mass is 9.78. The molecule has 0 N–H and O–H groups in total. The third kappa shape index (κ3) is 4.23. The lowest BCUT2D eigenvalue weighted by molar-refractivity contribution is -0.0649. The van der Waals surface area contributed by atoms with Crippen LogP contribution in [0.25, 0.3) is 0 Å². The van der Waals surface area contributed by atoms with E-state index < -0.39 is 5.82 Å². The Hall–Kier alpha value is -0.800. The summed E-state index contributed by atoms with van der Waals surface area (Å²) in [6.07, 6.45) is 7.90. The van der Waals surface area contributed by atoms with Gasteiger partial charge in [0, 0.05) is 5.92 Å². The third-order valence-corrected chi connectivity index (χ3v) is 6.17. The van der Waals surface area contributed by atoms with E-state index in [1.54, 1.807) is 19.1 Å². The second-order valence-electron chi connectivity index (χ2n) is 7.65. The Morgan fingerprint density at radius 1 is 1.17 bits per heavy atom. The van der Waals surface area contributed by atoms with Crippen LogP contribution in [-0.4, -0.2) is 19.3 Å². The van der Waals surface area contributed by atoms with E-state index in [1.165, 1.54) is 25.7 Å². The van der Waals surface area contributed by atoms with E-state index >= 15 is 0 Å². The zero-order valence-corrected chi connectivity index (χ0v) is 15.4. The zero-order chi connectivity index (χ0) is 17.1. The fraction of sp³-hybridized carbons (Fsp3) is 0.700. The number of hydrogen-bond acceptors (Lipinski definition) is 2. The van der Waals surface area contributed by atoms with Gasteiger partial charge in [-0.3, -0.25) is 0 Å². The molecule has 0 amide bonds. The van der Waals surface area contributed by atoms with Crippen molar-refractivity contribution in [2.45, 2.75) is 58.5 Å². The Morgan fingerprint density at radius 2 is 1.92 bits per heavy atom. The fourth-order valence-electron chi connectivity index (χ4n) is 3.93. The molecule has 0 aromatic heterocycles. The molecule has 1 aliphatic carbocycles. The molecule has 2 fully saturated rings. The van der Waals surface area contributed by atoms with Crippen LogP contribution < -0.4 is 4.74 Å². The lowest BCUT2D eigenvalue weighted by Gasteiger charge is -2.37. The first kappa shape index (κ1) is 18.0. The van der Waals surface area contributed by atoms with Crippen molar-refractivity contribution in [3.8, 4) is 5.75 Å². The van der Waals surface area contributed by atoms with Crippen molar-refractivity contribution in [2.75, 3.05) is 13.2 Å². The van der Waals surface area contributed by atoms with Crippen molar-refractivity contribution < 1.29 is 13.9 Å². The van der Waals surface area contributed by atoms with Crippen LogP contribution >= 0.6 is 11.6 Å². The molecule has 0 spiro atoms. The number of aryl methyl sites for hydroxylation is 1. The van der Waals surface area contributed by atoms with Crippen molar-refractivity contribution in [2.24, 2.45) is 17.8 Å². The zero-order valence-electron chi connectivity index (χ0n) is 14.7. The summed E-state index contributed by atoms with van der Waals surface area (Å²) in [5.74, 6) is 1.73. The van der Waals surface area contributed by atoms with Gasteiger partial charge >= 0.3 is 0 Å². The van der Waals surface area contributed by atoms with Gasteiger partial charge in [-0.1, -0.05) is 37.4 Å². The van der Waals surface area contributed by atoms with Crippen molar-refractivity contribution in [3.05, 3.63) is 28.5 Å². The Bertz CT molecular complexity index is 547. The molecular weight excluding hydrogens is 327 g/mol. The predicted octanol–water partition coefficient (Wildman–Crippen LogP) is 5.79. The van der Waals surface area contributed by atoms with E-state index in [1.807, 2.05) is 0 Å². The predicted molar refractivity (Wildman–Crippen MR) is 95.2 cm³/mol. The van der Waals surface area contributed by atoms with E-state index in [2.05, 4.69) is 6.92 Å². The Labute approximate surface area is 149 Å². The molecule has 1 aromatic rings. The Morgan fingerprint density at radius 3 is 2.58 bits per heavy atom. The fourth-order valence-corrected chi connectivity index (χ4v) is 4.09. The highest BCUT2D eigenvalue weighted by molar-refractivity contribution is 6.31. The third-order valence-electron chi connectivity index (χ3n) is 5.71. The monoisotopic (exact) mass is 354 g/mol. The van der Waals surface area contributed by atoms with Crippen LogP contribution in [0.5, 0.6) is 5.75 Å². The van der Waals surface area contributed by atoms with Gasteiger partial charge in [-0.15, -0.1) is 0 Å². The minimum atomic E-state index is -0.456. The van der Waals surface area contributed by atoms with E-state index in [-0.39, 0.29) is 10.8 Å². The second kappa shape index (κ2) is 8.05. The van der Waals surface area contributed by atoms with Gasteiger partial charge in [0.05, 0.1) is 24.3 Å². The van der Waals surface area contributed by atoms with Crippen LogP contribution in [0, 0.1) is 30.5 Å². The summed E-state index contributed by atoms with van der Waals surface area (Å²) >= 11 is 5.94. The van der Waals surface area contributed by atoms with Gasteiger partial charge in [0.1, 0.15) is 0 Å². The van der Waals surface area contributed by atoms with Gasteiger partial charge in [-0.25, -0.2) is 4.39 Å². The largest absolute Gasteiger partial charge is 0.490 e. The van der Waals surface area contributed by atoms with Gasteiger partial charge in [-0.05, 0) is 56.1 Å². The first-order chi connectivity index (χ1) is 11.5. The van der Waals surface area contributed by atoms with Crippen LogP contribution in [0.4, 0.5) is 4.39 Å². The van der Waals surface area contributed by atoms with Crippen LogP contribution in [0.1, 0.15) is 51.0 Å². The van der Waals surface area contributed by atoms with Crippen molar-refractivity contribution in [1.29, 1.82) is 0 Å². The first-order valence-corrected chi connectivity index (χ1v) is 9.61. The summed E-state index contributed by atoms with van der Waals surface area (Å²) in [6, 6.07) is 3.45. The van der Waals surface area contributed by atoms with Crippen LogP contribution in [-0.2, 0) is 4.74 Å². The van der Waals surface area contributed by atoms with Crippen molar-refractivity contribution in [1.82, 2.24) is 0 Å². The van der Waals surface area contributed by atoms with E-state index in [9.17, 15) is 4.39 Å². The summed E-state index contributed by atoms with van der Waals surface area (Å²) in [4.78, 5) is 0. The summed E-state index contributed by atoms with van der Waals surface area (Å²) in [7, 11) is 0. The molecule has 2 atom stereocenters. The highest BCUT2D eigenvalue weighted by Gasteiger charge is 2.31. The van der Waals surface area contributed by atoms with Gasteiger partial charge in [0.2, 0.25) is 0 Å². The van der Waals surface area contributed by atoms with E-state index in [0.717, 1.165) is 36.8 Å². The van der Waals surface area contributed by atoms with Crippen molar-refractivity contribution >= 4 is 11.6 Å². The maximum atomic E-state index is 14.1. The molecule has 2 nitrogen and oxygen atoms in total.